The van der Waals surface area contributed by atoms with Crippen LogP contribution >= 0.6 is 24.0 Å². The third-order valence-electron chi connectivity index (χ3n) is 4.21. The normalized spacial score (nSPS) is 15.9. The summed E-state index contributed by atoms with van der Waals surface area (Å²) in [6, 6.07) is 21.6. The molecule has 1 saturated heterocycles. The smallest absolute Gasteiger partial charge is 0.270 e. The molecular weight excluding hydrogens is 362 g/mol. The Morgan fingerprint density at radius 1 is 1.00 bits per heavy atom. The van der Waals surface area contributed by atoms with Gasteiger partial charge in [0.1, 0.15) is 5.75 Å². The number of hydrogen-bond donors (Lipinski definition) is 0. The van der Waals surface area contributed by atoms with Crippen LogP contribution in [0.2, 0.25) is 0 Å². The van der Waals surface area contributed by atoms with Crippen LogP contribution in [-0.4, -0.2) is 17.3 Å². The Morgan fingerprint density at radius 3 is 2.54 bits per heavy atom. The number of anilines is 1. The molecule has 4 rings (SSSR count). The van der Waals surface area contributed by atoms with Gasteiger partial charge in [-0.2, -0.15) is 0 Å². The number of ether oxygens (including phenoxy) is 1. The highest BCUT2D eigenvalue weighted by Crippen LogP contribution is 2.37. The van der Waals surface area contributed by atoms with Crippen LogP contribution in [0.4, 0.5) is 5.69 Å². The van der Waals surface area contributed by atoms with Crippen LogP contribution in [0.5, 0.6) is 5.75 Å². The second-order valence-corrected chi connectivity index (χ2v) is 7.47. The molecule has 1 aliphatic rings. The van der Waals surface area contributed by atoms with Crippen molar-refractivity contribution in [3.8, 4) is 5.75 Å². The lowest BCUT2D eigenvalue weighted by Crippen LogP contribution is -2.27. The van der Waals surface area contributed by atoms with E-state index in [1.54, 1.807) is 12.0 Å². The number of hydrogen-bond acceptors (Lipinski definition) is 4. The largest absolute Gasteiger partial charge is 0.496 e. The molecule has 1 amide bonds. The molecule has 0 saturated carbocycles. The van der Waals surface area contributed by atoms with Gasteiger partial charge in [0.15, 0.2) is 4.32 Å². The van der Waals surface area contributed by atoms with Crippen molar-refractivity contribution in [1.82, 2.24) is 0 Å². The summed E-state index contributed by atoms with van der Waals surface area (Å²) in [5.74, 6) is 0.615. The molecule has 1 aliphatic heterocycles. The van der Waals surface area contributed by atoms with Crippen LogP contribution < -0.4 is 9.64 Å². The van der Waals surface area contributed by atoms with Gasteiger partial charge >= 0.3 is 0 Å². The second kappa shape index (κ2) is 6.94. The summed E-state index contributed by atoms with van der Waals surface area (Å²) in [6.45, 7) is 0. The fraction of sp³-hybridized carbons (Fsp3) is 0.0476. The molecule has 0 aromatic heterocycles. The molecule has 3 aromatic rings. The van der Waals surface area contributed by atoms with Crippen molar-refractivity contribution in [3.63, 3.8) is 0 Å². The summed E-state index contributed by atoms with van der Waals surface area (Å²) in [4.78, 5) is 15.1. The van der Waals surface area contributed by atoms with Crippen LogP contribution in [0.1, 0.15) is 5.56 Å². The lowest BCUT2D eigenvalue weighted by molar-refractivity contribution is -0.113. The minimum atomic E-state index is -0.110. The van der Waals surface area contributed by atoms with E-state index in [1.165, 1.54) is 11.8 Å². The first-order chi connectivity index (χ1) is 12.7. The fourth-order valence-corrected chi connectivity index (χ4v) is 4.22. The van der Waals surface area contributed by atoms with Crippen molar-refractivity contribution < 1.29 is 9.53 Å². The number of thioether (sulfide) groups is 1. The quantitative estimate of drug-likeness (QED) is 0.460. The monoisotopic (exact) mass is 377 g/mol. The number of methoxy groups -OCH3 is 1. The van der Waals surface area contributed by atoms with Crippen molar-refractivity contribution in [1.29, 1.82) is 0 Å². The van der Waals surface area contributed by atoms with Gasteiger partial charge in [-0.15, -0.1) is 0 Å². The number of benzene rings is 3. The van der Waals surface area contributed by atoms with Crippen LogP contribution in [0.25, 0.3) is 16.8 Å². The summed E-state index contributed by atoms with van der Waals surface area (Å²) < 4.78 is 5.90. The molecule has 128 valence electrons. The summed E-state index contributed by atoms with van der Waals surface area (Å²) in [5.41, 5.74) is 1.64. The second-order valence-electron chi connectivity index (χ2n) is 5.79. The van der Waals surface area contributed by atoms with E-state index in [9.17, 15) is 4.79 Å². The number of nitrogens with zero attached hydrogens (tertiary/aromatic N) is 1. The zero-order chi connectivity index (χ0) is 18.1. The van der Waals surface area contributed by atoms with Crippen molar-refractivity contribution in [3.05, 3.63) is 77.2 Å². The average molecular weight is 377 g/mol. The molecule has 0 spiro atoms. The number of carbonyl (C=O) groups excluding carboxylic acids is 1. The molecule has 0 bridgehead atoms. The predicted octanol–water partition coefficient (Wildman–Crippen LogP) is 5.25. The van der Waals surface area contributed by atoms with E-state index < -0.39 is 0 Å². The maximum Gasteiger partial charge on any atom is 0.270 e. The van der Waals surface area contributed by atoms with E-state index in [0.29, 0.717) is 9.23 Å². The summed E-state index contributed by atoms with van der Waals surface area (Å²) in [5, 5.41) is 2.21. The van der Waals surface area contributed by atoms with Gasteiger partial charge < -0.3 is 4.74 Å². The zero-order valence-corrected chi connectivity index (χ0v) is 15.6. The first kappa shape index (κ1) is 16.8. The van der Waals surface area contributed by atoms with E-state index >= 15 is 0 Å². The van der Waals surface area contributed by atoms with Gasteiger partial charge in [0.05, 0.1) is 17.7 Å². The summed E-state index contributed by atoms with van der Waals surface area (Å²) in [7, 11) is 1.62. The molecule has 3 aromatic carbocycles. The van der Waals surface area contributed by atoms with E-state index in [1.807, 2.05) is 72.8 Å². The first-order valence-electron chi connectivity index (χ1n) is 8.07. The Balaban J connectivity index is 1.71. The van der Waals surface area contributed by atoms with Crippen LogP contribution in [-0.2, 0) is 4.79 Å². The van der Waals surface area contributed by atoms with Gasteiger partial charge in [-0.25, -0.2) is 0 Å². The van der Waals surface area contributed by atoms with Crippen LogP contribution in [0, 0.1) is 0 Å². The molecular formula is C21H15NO2S2. The molecule has 0 radical (unpaired) electrons. The molecule has 0 N–H and O–H groups in total. The Morgan fingerprint density at radius 2 is 1.73 bits per heavy atom. The highest BCUT2D eigenvalue weighted by atomic mass is 32.2. The maximum atomic E-state index is 13.0. The van der Waals surface area contributed by atoms with Gasteiger partial charge in [0, 0.05) is 5.56 Å². The minimum absolute atomic E-state index is 0.110. The predicted molar refractivity (Wildman–Crippen MR) is 113 cm³/mol. The molecule has 0 unspecified atom stereocenters. The minimum Gasteiger partial charge on any atom is -0.496 e. The van der Waals surface area contributed by atoms with E-state index in [2.05, 4.69) is 0 Å². The number of thiocarbonyl (C=S) groups is 1. The van der Waals surface area contributed by atoms with Gasteiger partial charge in [0.2, 0.25) is 0 Å². The van der Waals surface area contributed by atoms with E-state index in [0.717, 1.165) is 27.8 Å². The van der Waals surface area contributed by atoms with Crippen LogP contribution in [0.15, 0.2) is 71.6 Å². The third kappa shape index (κ3) is 3.00. The number of carbonyl (C=O) groups is 1. The molecule has 0 atom stereocenters. The molecule has 0 aliphatic carbocycles. The lowest BCUT2D eigenvalue weighted by Gasteiger charge is -2.15. The Labute approximate surface area is 161 Å². The topological polar surface area (TPSA) is 29.5 Å². The Bertz CT molecular complexity index is 1060. The van der Waals surface area contributed by atoms with E-state index in [-0.39, 0.29) is 5.91 Å². The zero-order valence-electron chi connectivity index (χ0n) is 14.0. The number of fused-ring (bicyclic) bond motifs is 1. The lowest BCUT2D eigenvalue weighted by atomic mass is 10.1. The van der Waals surface area contributed by atoms with Gasteiger partial charge in [-0.3, -0.25) is 9.69 Å². The first-order valence-corrected chi connectivity index (χ1v) is 9.29. The van der Waals surface area contributed by atoms with Crippen molar-refractivity contribution >= 4 is 56.7 Å². The summed E-state index contributed by atoms with van der Waals surface area (Å²) >= 11 is 6.78. The molecule has 5 heteroatoms. The van der Waals surface area contributed by atoms with Gasteiger partial charge in [0.25, 0.3) is 5.91 Å². The number of para-hydroxylation sites is 1. The SMILES string of the molecule is COc1ccccc1/C=C1\SC(=S)N(c2ccc3ccccc3c2)C1=O. The molecule has 26 heavy (non-hydrogen) atoms. The van der Waals surface area contributed by atoms with E-state index in [4.69, 9.17) is 17.0 Å². The molecule has 3 nitrogen and oxygen atoms in total. The fourth-order valence-electron chi connectivity index (χ4n) is 2.93. The van der Waals surface area contributed by atoms with Crippen molar-refractivity contribution in [2.45, 2.75) is 0 Å². The molecule has 1 heterocycles. The highest BCUT2D eigenvalue weighted by Gasteiger charge is 2.33. The Kier molecular flexibility index (Phi) is 4.49. The standard InChI is InChI=1S/C21H15NO2S2/c1-24-18-9-5-4-8-16(18)13-19-20(23)22(21(25)26-19)17-11-10-14-6-2-3-7-15(14)12-17/h2-13H,1H3/b19-13-. The van der Waals surface area contributed by atoms with Crippen molar-refractivity contribution in [2.24, 2.45) is 0 Å². The van der Waals surface area contributed by atoms with Crippen molar-refractivity contribution in [2.75, 3.05) is 12.0 Å². The highest BCUT2D eigenvalue weighted by molar-refractivity contribution is 8.27. The molecule has 1 fully saturated rings. The van der Waals surface area contributed by atoms with Gasteiger partial charge in [-0.1, -0.05) is 72.5 Å². The van der Waals surface area contributed by atoms with Crippen LogP contribution in [0.3, 0.4) is 0 Å². The number of rotatable bonds is 3. The average Bonchev–Trinajstić information content (AvgIpc) is 2.95. The van der Waals surface area contributed by atoms with Gasteiger partial charge in [-0.05, 0) is 35.0 Å². The summed E-state index contributed by atoms with van der Waals surface area (Å²) in [6.07, 6.45) is 1.83. The maximum absolute atomic E-state index is 13.0. The Hall–Kier alpha value is -2.63. The number of amides is 1. The third-order valence-corrected chi connectivity index (χ3v) is 5.51.